The van der Waals surface area contributed by atoms with Crippen molar-refractivity contribution < 1.29 is 34.2 Å². The second-order valence-corrected chi connectivity index (χ2v) is 8.10. The van der Waals surface area contributed by atoms with Gasteiger partial charge in [0, 0.05) is 13.0 Å². The van der Waals surface area contributed by atoms with Crippen molar-refractivity contribution in [3.05, 3.63) is 0 Å². The van der Waals surface area contributed by atoms with E-state index in [-0.39, 0.29) is 25.3 Å². The molecule has 0 aromatic carbocycles. The molecule has 4 amide bonds. The van der Waals surface area contributed by atoms with E-state index in [4.69, 9.17) is 11.5 Å². The lowest BCUT2D eigenvalue weighted by Gasteiger charge is -2.31. The summed E-state index contributed by atoms with van der Waals surface area (Å²) in [5.41, 5.74) is 10.7. The molecule has 0 radical (unpaired) electrons. The van der Waals surface area contributed by atoms with Gasteiger partial charge in [-0.2, -0.15) is 0 Å². The average Bonchev–Trinajstić information content (AvgIpc) is 3.17. The molecule has 5 atom stereocenters. The van der Waals surface area contributed by atoms with Crippen molar-refractivity contribution >= 4 is 29.6 Å². The number of likely N-dealkylation sites (tertiary alicyclic amines) is 1. The molecule has 1 aliphatic heterocycles. The third-order valence-electron chi connectivity index (χ3n) is 5.15. The molecule has 0 bridgehead atoms. The monoisotopic (exact) mass is 443 g/mol. The molecule has 1 heterocycles. The first-order chi connectivity index (χ1) is 14.4. The van der Waals surface area contributed by atoms with Gasteiger partial charge in [-0.3, -0.25) is 19.2 Å². The lowest BCUT2D eigenvalue weighted by molar-refractivity contribution is -0.150. The molecule has 176 valence electrons. The Balaban J connectivity index is 2.89. The summed E-state index contributed by atoms with van der Waals surface area (Å²) < 4.78 is 0. The number of nitrogens with one attached hydrogen (secondary N) is 2. The Morgan fingerprint density at radius 2 is 1.65 bits per heavy atom. The van der Waals surface area contributed by atoms with Crippen molar-refractivity contribution in [2.75, 3.05) is 6.54 Å². The maximum absolute atomic E-state index is 12.9. The summed E-state index contributed by atoms with van der Waals surface area (Å²) >= 11 is 0. The Labute approximate surface area is 180 Å². The summed E-state index contributed by atoms with van der Waals surface area (Å²) in [5, 5.41) is 24.1. The number of carbonyl (C=O) groups excluding carboxylic acids is 4. The zero-order valence-corrected chi connectivity index (χ0v) is 18.0. The van der Waals surface area contributed by atoms with Crippen LogP contribution in [0.3, 0.4) is 0 Å². The molecule has 1 fully saturated rings. The average molecular weight is 444 g/mol. The SMILES string of the molecule is CC(C)C(NC(=O)C(NC(=O)C(N)CCC(N)=O)C(C)O)C(=O)N1CCCC1C(=O)O. The topological polar surface area (TPSA) is 205 Å². The van der Waals surface area contributed by atoms with Crippen LogP contribution in [0.1, 0.15) is 46.5 Å². The smallest absolute Gasteiger partial charge is 0.326 e. The van der Waals surface area contributed by atoms with Crippen molar-refractivity contribution in [3.8, 4) is 0 Å². The predicted octanol–water partition coefficient (Wildman–Crippen LogP) is -2.34. The largest absolute Gasteiger partial charge is 0.480 e. The van der Waals surface area contributed by atoms with Gasteiger partial charge in [0.05, 0.1) is 12.1 Å². The second-order valence-electron chi connectivity index (χ2n) is 8.10. The van der Waals surface area contributed by atoms with Crippen LogP contribution >= 0.6 is 0 Å². The number of aliphatic hydroxyl groups is 1. The fourth-order valence-electron chi connectivity index (χ4n) is 3.32. The summed E-state index contributed by atoms with van der Waals surface area (Å²) in [6, 6.07) is -4.53. The Morgan fingerprint density at radius 1 is 1.06 bits per heavy atom. The normalized spacial score (nSPS) is 19.9. The molecule has 0 aromatic rings. The molecule has 12 nitrogen and oxygen atoms in total. The van der Waals surface area contributed by atoms with Crippen LogP contribution in [0.4, 0.5) is 0 Å². The molecule has 0 saturated carbocycles. The van der Waals surface area contributed by atoms with Gasteiger partial charge in [-0.25, -0.2) is 4.79 Å². The van der Waals surface area contributed by atoms with Crippen LogP contribution in [0.2, 0.25) is 0 Å². The van der Waals surface area contributed by atoms with Crippen molar-refractivity contribution in [3.63, 3.8) is 0 Å². The summed E-state index contributed by atoms with van der Waals surface area (Å²) in [4.78, 5) is 61.4. The van der Waals surface area contributed by atoms with E-state index in [1.807, 2.05) is 0 Å². The molecular formula is C19H33N5O7. The Hall–Kier alpha value is -2.73. The lowest BCUT2D eigenvalue weighted by atomic mass is 10.0. The van der Waals surface area contributed by atoms with E-state index in [1.54, 1.807) is 13.8 Å². The zero-order valence-electron chi connectivity index (χ0n) is 18.0. The van der Waals surface area contributed by atoms with Crippen LogP contribution in [0.5, 0.6) is 0 Å². The van der Waals surface area contributed by atoms with Crippen molar-refractivity contribution in [1.82, 2.24) is 15.5 Å². The van der Waals surface area contributed by atoms with E-state index in [0.717, 1.165) is 0 Å². The van der Waals surface area contributed by atoms with Gasteiger partial charge in [-0.15, -0.1) is 0 Å². The molecule has 31 heavy (non-hydrogen) atoms. The van der Waals surface area contributed by atoms with Crippen LogP contribution in [0.25, 0.3) is 0 Å². The fraction of sp³-hybridized carbons (Fsp3) is 0.737. The summed E-state index contributed by atoms with van der Waals surface area (Å²) in [6.07, 6.45) is -0.598. The van der Waals surface area contributed by atoms with Crippen molar-refractivity contribution in [2.45, 2.75) is 76.7 Å². The molecule has 1 rings (SSSR count). The predicted molar refractivity (Wildman–Crippen MR) is 109 cm³/mol. The highest BCUT2D eigenvalue weighted by Gasteiger charge is 2.39. The Morgan fingerprint density at radius 3 is 2.13 bits per heavy atom. The van der Waals surface area contributed by atoms with E-state index in [9.17, 15) is 34.2 Å². The van der Waals surface area contributed by atoms with Crippen molar-refractivity contribution in [1.29, 1.82) is 0 Å². The minimum absolute atomic E-state index is 0.0338. The van der Waals surface area contributed by atoms with Crippen molar-refractivity contribution in [2.24, 2.45) is 17.4 Å². The van der Waals surface area contributed by atoms with Crippen LogP contribution in [0.15, 0.2) is 0 Å². The van der Waals surface area contributed by atoms with Crippen LogP contribution in [-0.2, 0) is 24.0 Å². The third kappa shape index (κ3) is 7.47. The van der Waals surface area contributed by atoms with E-state index in [0.29, 0.717) is 12.8 Å². The van der Waals surface area contributed by atoms with Gasteiger partial charge < -0.3 is 37.2 Å². The van der Waals surface area contributed by atoms with Gasteiger partial charge in [0.25, 0.3) is 0 Å². The van der Waals surface area contributed by atoms with Gasteiger partial charge in [-0.05, 0) is 32.1 Å². The number of aliphatic hydroxyl groups excluding tert-OH is 1. The Kier molecular flexibility index (Phi) is 9.85. The fourth-order valence-corrected chi connectivity index (χ4v) is 3.32. The van der Waals surface area contributed by atoms with E-state index < -0.39 is 59.9 Å². The van der Waals surface area contributed by atoms with Crippen LogP contribution in [0, 0.1) is 5.92 Å². The lowest BCUT2D eigenvalue weighted by Crippen LogP contribution is -2.60. The zero-order chi connectivity index (χ0) is 23.9. The van der Waals surface area contributed by atoms with Gasteiger partial charge in [0.15, 0.2) is 0 Å². The summed E-state index contributed by atoms with van der Waals surface area (Å²) in [7, 11) is 0. The van der Waals surface area contributed by atoms with Gasteiger partial charge in [0.2, 0.25) is 23.6 Å². The maximum atomic E-state index is 12.9. The molecule has 12 heteroatoms. The highest BCUT2D eigenvalue weighted by Crippen LogP contribution is 2.20. The minimum Gasteiger partial charge on any atom is -0.480 e. The highest BCUT2D eigenvalue weighted by molar-refractivity contribution is 5.94. The van der Waals surface area contributed by atoms with Gasteiger partial charge in [0.1, 0.15) is 18.1 Å². The number of hydrogen-bond acceptors (Lipinski definition) is 7. The minimum atomic E-state index is -1.41. The van der Waals surface area contributed by atoms with E-state index in [1.165, 1.54) is 11.8 Å². The molecule has 8 N–H and O–H groups in total. The number of rotatable bonds is 11. The molecule has 5 unspecified atom stereocenters. The number of carboxylic acid groups (broad SMARTS) is 1. The van der Waals surface area contributed by atoms with Gasteiger partial charge >= 0.3 is 5.97 Å². The molecule has 0 aliphatic carbocycles. The number of carbonyl (C=O) groups is 5. The maximum Gasteiger partial charge on any atom is 0.326 e. The van der Waals surface area contributed by atoms with E-state index >= 15 is 0 Å². The quantitative estimate of drug-likeness (QED) is 0.203. The second kappa shape index (κ2) is 11.6. The molecule has 0 spiro atoms. The first-order valence-corrected chi connectivity index (χ1v) is 10.2. The number of amides is 4. The number of carboxylic acids is 1. The summed E-state index contributed by atoms with van der Waals surface area (Å²) in [5.74, 6) is -4.24. The number of primary amides is 1. The van der Waals surface area contributed by atoms with Crippen LogP contribution < -0.4 is 22.1 Å². The highest BCUT2D eigenvalue weighted by atomic mass is 16.4. The number of nitrogens with zero attached hydrogens (tertiary/aromatic N) is 1. The van der Waals surface area contributed by atoms with E-state index in [2.05, 4.69) is 10.6 Å². The third-order valence-corrected chi connectivity index (χ3v) is 5.15. The molecule has 1 saturated heterocycles. The Bertz CT molecular complexity index is 697. The number of hydrogen-bond donors (Lipinski definition) is 6. The number of nitrogens with two attached hydrogens (primary N) is 2. The number of aliphatic carboxylic acids is 1. The first kappa shape index (κ1) is 26.3. The van der Waals surface area contributed by atoms with Crippen LogP contribution in [-0.4, -0.2) is 81.5 Å². The van der Waals surface area contributed by atoms with Gasteiger partial charge in [-0.1, -0.05) is 13.8 Å². The molecule has 1 aliphatic rings. The molecular weight excluding hydrogens is 410 g/mol. The standard InChI is InChI=1S/C19H33N5O7/c1-9(2)14(18(29)24-8-4-5-12(24)19(30)31)22-17(28)15(10(3)25)23-16(27)11(20)6-7-13(21)26/h9-12,14-15,25H,4-8,20H2,1-3H3,(H2,21,26)(H,22,28)(H,23,27)(H,30,31). The summed E-state index contributed by atoms with van der Waals surface area (Å²) in [6.45, 7) is 4.92. The first-order valence-electron chi connectivity index (χ1n) is 10.2. The molecule has 0 aromatic heterocycles.